The number of anilines is 1. The number of amides is 1. The SMILES string of the molecule is CCCC(CCC)C(=O)Oc1ccc2c(c1)C(=Cc1[nH]c(C)cc1C)C(=O)N2. The fourth-order valence-electron chi connectivity index (χ4n) is 3.69. The van der Waals surface area contributed by atoms with Gasteiger partial charge in [-0.3, -0.25) is 9.59 Å². The summed E-state index contributed by atoms with van der Waals surface area (Å²) >= 11 is 0. The van der Waals surface area contributed by atoms with Gasteiger partial charge in [0.2, 0.25) is 0 Å². The van der Waals surface area contributed by atoms with E-state index in [9.17, 15) is 9.59 Å². The topological polar surface area (TPSA) is 71.2 Å². The van der Waals surface area contributed by atoms with Crippen molar-refractivity contribution >= 4 is 29.2 Å². The maximum Gasteiger partial charge on any atom is 0.314 e. The normalized spacial score (nSPS) is 14.5. The first-order chi connectivity index (χ1) is 13.4. The zero-order chi connectivity index (χ0) is 20.3. The van der Waals surface area contributed by atoms with E-state index in [4.69, 9.17) is 4.74 Å². The molecular formula is C23H28N2O3. The number of fused-ring (bicyclic) bond motifs is 1. The molecule has 0 spiro atoms. The minimum absolute atomic E-state index is 0.0810. The lowest BCUT2D eigenvalue weighted by atomic mass is 9.98. The first kappa shape index (κ1) is 19.9. The Kier molecular flexibility index (Phi) is 6.02. The lowest BCUT2D eigenvalue weighted by Gasteiger charge is -2.14. The van der Waals surface area contributed by atoms with Crippen molar-refractivity contribution in [2.24, 2.45) is 5.92 Å². The molecule has 0 saturated carbocycles. The summed E-state index contributed by atoms with van der Waals surface area (Å²) in [5.74, 6) is 0.0487. The van der Waals surface area contributed by atoms with Gasteiger partial charge >= 0.3 is 5.97 Å². The van der Waals surface area contributed by atoms with E-state index in [0.717, 1.165) is 53.9 Å². The number of carbonyl (C=O) groups is 2. The van der Waals surface area contributed by atoms with Gasteiger partial charge in [0.05, 0.1) is 11.5 Å². The summed E-state index contributed by atoms with van der Waals surface area (Å²) in [6, 6.07) is 7.34. The quantitative estimate of drug-likeness (QED) is 0.392. The van der Waals surface area contributed by atoms with Gasteiger partial charge < -0.3 is 15.0 Å². The van der Waals surface area contributed by atoms with Crippen LogP contribution >= 0.6 is 0 Å². The van der Waals surface area contributed by atoms with Gasteiger partial charge in [-0.25, -0.2) is 0 Å². The molecule has 0 saturated heterocycles. The highest BCUT2D eigenvalue weighted by Crippen LogP contribution is 2.36. The first-order valence-corrected chi connectivity index (χ1v) is 9.98. The molecule has 2 N–H and O–H groups in total. The number of hydrogen-bond acceptors (Lipinski definition) is 3. The molecule has 0 fully saturated rings. The van der Waals surface area contributed by atoms with E-state index in [-0.39, 0.29) is 17.8 Å². The molecule has 0 atom stereocenters. The predicted octanol–water partition coefficient (Wildman–Crippen LogP) is 5.25. The fraction of sp³-hybridized carbons (Fsp3) is 0.391. The van der Waals surface area contributed by atoms with Gasteiger partial charge in [-0.2, -0.15) is 0 Å². The predicted molar refractivity (Wildman–Crippen MR) is 112 cm³/mol. The Balaban J connectivity index is 1.88. The number of ether oxygens (including phenoxy) is 1. The first-order valence-electron chi connectivity index (χ1n) is 9.98. The molecule has 1 aromatic heterocycles. The van der Waals surface area contributed by atoms with Gasteiger partial charge in [0.25, 0.3) is 5.91 Å². The van der Waals surface area contributed by atoms with Crippen molar-refractivity contribution in [2.45, 2.75) is 53.4 Å². The molecular weight excluding hydrogens is 352 g/mol. The smallest absolute Gasteiger partial charge is 0.314 e. The number of aryl methyl sites for hydroxylation is 2. The number of rotatable bonds is 7. The number of aromatic nitrogens is 1. The molecule has 5 nitrogen and oxygen atoms in total. The van der Waals surface area contributed by atoms with Crippen LogP contribution in [0.5, 0.6) is 5.75 Å². The zero-order valence-corrected chi connectivity index (χ0v) is 17.0. The van der Waals surface area contributed by atoms with Crippen molar-refractivity contribution < 1.29 is 14.3 Å². The highest BCUT2D eigenvalue weighted by Gasteiger charge is 2.26. The van der Waals surface area contributed by atoms with Crippen LogP contribution in [0.4, 0.5) is 5.69 Å². The minimum atomic E-state index is -0.192. The third-order valence-corrected chi connectivity index (χ3v) is 5.08. The van der Waals surface area contributed by atoms with E-state index in [2.05, 4.69) is 24.1 Å². The van der Waals surface area contributed by atoms with Crippen molar-refractivity contribution in [1.82, 2.24) is 4.98 Å². The van der Waals surface area contributed by atoms with Crippen molar-refractivity contribution in [3.05, 3.63) is 46.8 Å². The van der Waals surface area contributed by atoms with Gasteiger partial charge in [-0.15, -0.1) is 0 Å². The Hall–Kier alpha value is -2.82. The summed E-state index contributed by atoms with van der Waals surface area (Å²) in [4.78, 5) is 28.3. The van der Waals surface area contributed by atoms with Crippen LogP contribution in [0.2, 0.25) is 0 Å². The average Bonchev–Trinajstić information content (AvgIpc) is 3.13. The van der Waals surface area contributed by atoms with Crippen molar-refractivity contribution in [3.8, 4) is 5.75 Å². The molecule has 3 rings (SSSR count). The van der Waals surface area contributed by atoms with Crippen LogP contribution in [0, 0.1) is 19.8 Å². The van der Waals surface area contributed by atoms with Gasteiger partial charge in [-0.05, 0) is 62.6 Å². The van der Waals surface area contributed by atoms with Crippen LogP contribution in [-0.2, 0) is 9.59 Å². The fourth-order valence-corrected chi connectivity index (χ4v) is 3.69. The Labute approximate surface area is 166 Å². The van der Waals surface area contributed by atoms with Crippen LogP contribution in [0.1, 0.15) is 62.0 Å². The summed E-state index contributed by atoms with van der Waals surface area (Å²) < 4.78 is 5.66. The molecule has 28 heavy (non-hydrogen) atoms. The molecule has 1 aliphatic heterocycles. The maximum atomic E-state index is 12.6. The number of H-pyrrole nitrogens is 1. The highest BCUT2D eigenvalue weighted by molar-refractivity contribution is 6.35. The Morgan fingerprint density at radius 3 is 2.46 bits per heavy atom. The number of aromatic amines is 1. The molecule has 1 aliphatic rings. The summed E-state index contributed by atoms with van der Waals surface area (Å²) in [6.45, 7) is 8.13. The molecule has 148 valence electrons. The number of esters is 1. The van der Waals surface area contributed by atoms with Crippen LogP contribution in [0.3, 0.4) is 0 Å². The van der Waals surface area contributed by atoms with E-state index in [1.54, 1.807) is 18.2 Å². The van der Waals surface area contributed by atoms with E-state index >= 15 is 0 Å². The molecule has 0 radical (unpaired) electrons. The lowest BCUT2D eigenvalue weighted by molar-refractivity contribution is -0.139. The maximum absolute atomic E-state index is 12.6. The monoisotopic (exact) mass is 380 g/mol. The summed E-state index contributed by atoms with van der Waals surface area (Å²) in [5.41, 5.74) is 5.08. The van der Waals surface area contributed by atoms with E-state index in [1.165, 1.54) is 0 Å². The second-order valence-electron chi connectivity index (χ2n) is 7.46. The highest BCUT2D eigenvalue weighted by atomic mass is 16.5. The molecule has 2 aromatic rings. The Morgan fingerprint density at radius 2 is 1.86 bits per heavy atom. The van der Waals surface area contributed by atoms with Gasteiger partial charge in [0.15, 0.2) is 0 Å². The third kappa shape index (κ3) is 4.19. The van der Waals surface area contributed by atoms with Crippen LogP contribution in [0.15, 0.2) is 24.3 Å². The Morgan fingerprint density at radius 1 is 1.14 bits per heavy atom. The zero-order valence-electron chi connectivity index (χ0n) is 17.0. The van der Waals surface area contributed by atoms with Crippen LogP contribution in [0.25, 0.3) is 11.6 Å². The summed E-state index contributed by atoms with van der Waals surface area (Å²) in [7, 11) is 0. The van der Waals surface area contributed by atoms with Crippen LogP contribution < -0.4 is 10.1 Å². The van der Waals surface area contributed by atoms with Crippen LogP contribution in [-0.4, -0.2) is 16.9 Å². The molecule has 0 unspecified atom stereocenters. The molecule has 0 bridgehead atoms. The number of carbonyl (C=O) groups excluding carboxylic acids is 2. The summed E-state index contributed by atoms with van der Waals surface area (Å²) in [6.07, 6.45) is 5.41. The van der Waals surface area contributed by atoms with Crippen molar-refractivity contribution in [1.29, 1.82) is 0 Å². The van der Waals surface area contributed by atoms with Gasteiger partial charge in [0, 0.05) is 22.6 Å². The van der Waals surface area contributed by atoms with Gasteiger partial charge in [0.1, 0.15) is 5.75 Å². The number of hydrogen-bond donors (Lipinski definition) is 2. The van der Waals surface area contributed by atoms with Crippen molar-refractivity contribution in [2.75, 3.05) is 5.32 Å². The molecule has 5 heteroatoms. The number of nitrogens with one attached hydrogen (secondary N) is 2. The largest absolute Gasteiger partial charge is 0.426 e. The Bertz CT molecular complexity index is 918. The van der Waals surface area contributed by atoms with E-state index in [0.29, 0.717) is 11.3 Å². The second kappa shape index (κ2) is 8.46. The van der Waals surface area contributed by atoms with E-state index < -0.39 is 0 Å². The minimum Gasteiger partial charge on any atom is -0.426 e. The molecule has 1 amide bonds. The van der Waals surface area contributed by atoms with Crippen molar-refractivity contribution in [3.63, 3.8) is 0 Å². The van der Waals surface area contributed by atoms with Gasteiger partial charge in [-0.1, -0.05) is 26.7 Å². The van der Waals surface area contributed by atoms with E-state index in [1.807, 2.05) is 26.0 Å². The molecule has 0 aliphatic carbocycles. The standard InChI is InChI=1S/C23H28N2O3/c1-5-7-16(8-6-2)23(27)28-17-9-10-20-18(12-17)19(22(26)25-20)13-21-14(3)11-15(4)24-21/h9-13,16,24H,5-8H2,1-4H3,(H,25,26). The second-order valence-corrected chi connectivity index (χ2v) is 7.46. The number of benzene rings is 1. The summed E-state index contributed by atoms with van der Waals surface area (Å²) in [5, 5.41) is 2.88. The molecule has 2 heterocycles. The average molecular weight is 380 g/mol. The molecule has 1 aromatic carbocycles. The third-order valence-electron chi connectivity index (χ3n) is 5.08. The lowest BCUT2D eigenvalue weighted by Crippen LogP contribution is -2.20.